The second kappa shape index (κ2) is 11.3. The fourth-order valence-electron chi connectivity index (χ4n) is 2.15. The summed E-state index contributed by atoms with van der Waals surface area (Å²) in [4.78, 5) is 0. The van der Waals surface area contributed by atoms with Gasteiger partial charge in [0, 0.05) is 5.75 Å². The van der Waals surface area contributed by atoms with Crippen molar-refractivity contribution in [3.8, 4) is 0 Å². The second-order valence-corrected chi connectivity index (χ2v) is 4.77. The fraction of sp³-hybridized carbons (Fsp3) is 0.733. The molecule has 0 aliphatic heterocycles. The molecule has 0 aliphatic carbocycles. The summed E-state index contributed by atoms with van der Waals surface area (Å²) in [6.07, 6.45) is 14.6. The third-order valence-corrected chi connectivity index (χ3v) is 3.30. The van der Waals surface area contributed by atoms with Gasteiger partial charge in [-0.05, 0) is 31.3 Å². The SMILES string of the molecule is C/C=C\C(=C/CCC(CCC)CCC)CS. The van der Waals surface area contributed by atoms with Gasteiger partial charge in [-0.15, -0.1) is 0 Å². The van der Waals surface area contributed by atoms with Crippen LogP contribution < -0.4 is 0 Å². The summed E-state index contributed by atoms with van der Waals surface area (Å²) in [5.41, 5.74) is 1.36. The van der Waals surface area contributed by atoms with Crippen LogP contribution in [0, 0.1) is 5.92 Å². The third-order valence-electron chi connectivity index (χ3n) is 2.94. The smallest absolute Gasteiger partial charge is 0.0150 e. The van der Waals surface area contributed by atoms with Crippen LogP contribution in [0.2, 0.25) is 0 Å². The van der Waals surface area contributed by atoms with Crippen LogP contribution in [0.15, 0.2) is 23.8 Å². The standard InChI is InChI=1S/C15H28S/c1-4-8-14(9-5-2)11-7-12-15(13-16)10-6-3/h6,10,12,14,16H,4-5,7-9,11,13H2,1-3H3/b10-6-,15-12+. The van der Waals surface area contributed by atoms with E-state index in [9.17, 15) is 0 Å². The van der Waals surface area contributed by atoms with Gasteiger partial charge in [-0.25, -0.2) is 0 Å². The van der Waals surface area contributed by atoms with E-state index in [-0.39, 0.29) is 0 Å². The lowest BCUT2D eigenvalue weighted by Gasteiger charge is -2.13. The summed E-state index contributed by atoms with van der Waals surface area (Å²) in [6.45, 7) is 6.64. The number of rotatable bonds is 9. The number of allylic oxidation sites excluding steroid dienone is 3. The van der Waals surface area contributed by atoms with Crippen molar-refractivity contribution >= 4 is 12.6 Å². The summed E-state index contributed by atoms with van der Waals surface area (Å²) in [6, 6.07) is 0. The van der Waals surface area contributed by atoms with Crippen molar-refractivity contribution in [3.63, 3.8) is 0 Å². The zero-order chi connectivity index (χ0) is 12.2. The van der Waals surface area contributed by atoms with Gasteiger partial charge in [0.25, 0.3) is 0 Å². The summed E-state index contributed by atoms with van der Waals surface area (Å²) in [5, 5.41) is 0. The summed E-state index contributed by atoms with van der Waals surface area (Å²) in [5.74, 6) is 1.79. The molecule has 0 fully saturated rings. The van der Waals surface area contributed by atoms with Crippen LogP contribution in [-0.2, 0) is 0 Å². The van der Waals surface area contributed by atoms with Gasteiger partial charge in [0.05, 0.1) is 0 Å². The van der Waals surface area contributed by atoms with E-state index in [1.165, 1.54) is 44.1 Å². The van der Waals surface area contributed by atoms with Gasteiger partial charge >= 0.3 is 0 Å². The van der Waals surface area contributed by atoms with E-state index in [4.69, 9.17) is 0 Å². The first-order valence-corrected chi connectivity index (χ1v) is 7.34. The predicted molar refractivity (Wildman–Crippen MR) is 79.3 cm³/mol. The van der Waals surface area contributed by atoms with Crippen LogP contribution in [-0.4, -0.2) is 5.75 Å². The Labute approximate surface area is 108 Å². The molecule has 0 N–H and O–H groups in total. The largest absolute Gasteiger partial charge is 0.175 e. The molecular weight excluding hydrogens is 212 g/mol. The molecule has 0 aromatic carbocycles. The van der Waals surface area contributed by atoms with Crippen molar-refractivity contribution in [2.24, 2.45) is 5.92 Å². The normalized spacial score (nSPS) is 12.9. The highest BCUT2D eigenvalue weighted by Gasteiger charge is 2.05. The monoisotopic (exact) mass is 240 g/mol. The first kappa shape index (κ1) is 15.8. The fourth-order valence-corrected chi connectivity index (χ4v) is 2.39. The van der Waals surface area contributed by atoms with Crippen molar-refractivity contribution in [3.05, 3.63) is 23.8 Å². The van der Waals surface area contributed by atoms with Gasteiger partial charge in [0.15, 0.2) is 0 Å². The quantitative estimate of drug-likeness (QED) is 0.404. The van der Waals surface area contributed by atoms with E-state index < -0.39 is 0 Å². The van der Waals surface area contributed by atoms with Gasteiger partial charge in [0.2, 0.25) is 0 Å². The average Bonchev–Trinajstić information content (AvgIpc) is 2.28. The average molecular weight is 240 g/mol. The Kier molecular flexibility index (Phi) is 11.2. The second-order valence-electron chi connectivity index (χ2n) is 4.46. The van der Waals surface area contributed by atoms with Gasteiger partial charge in [-0.2, -0.15) is 12.6 Å². The Bertz CT molecular complexity index is 197. The lowest BCUT2D eigenvalue weighted by Crippen LogP contribution is -1.99. The van der Waals surface area contributed by atoms with Gasteiger partial charge in [-0.3, -0.25) is 0 Å². The van der Waals surface area contributed by atoms with E-state index >= 15 is 0 Å². The van der Waals surface area contributed by atoms with E-state index in [0.29, 0.717) is 0 Å². The molecule has 0 unspecified atom stereocenters. The topological polar surface area (TPSA) is 0 Å². The molecule has 0 amide bonds. The van der Waals surface area contributed by atoms with Gasteiger partial charge in [0.1, 0.15) is 0 Å². The molecule has 0 radical (unpaired) electrons. The molecule has 0 saturated carbocycles. The molecule has 0 atom stereocenters. The van der Waals surface area contributed by atoms with Crippen LogP contribution in [0.4, 0.5) is 0 Å². The molecule has 0 spiro atoms. The van der Waals surface area contributed by atoms with Crippen LogP contribution in [0.3, 0.4) is 0 Å². The molecule has 0 heterocycles. The van der Waals surface area contributed by atoms with E-state index in [1.54, 1.807) is 0 Å². The minimum absolute atomic E-state index is 0.858. The minimum atomic E-state index is 0.858. The molecule has 16 heavy (non-hydrogen) atoms. The molecule has 0 aromatic heterocycles. The maximum absolute atomic E-state index is 4.34. The van der Waals surface area contributed by atoms with Crippen LogP contribution in [0.5, 0.6) is 0 Å². The highest BCUT2D eigenvalue weighted by atomic mass is 32.1. The minimum Gasteiger partial charge on any atom is -0.175 e. The van der Waals surface area contributed by atoms with Crippen molar-refractivity contribution < 1.29 is 0 Å². The van der Waals surface area contributed by atoms with Crippen LogP contribution in [0.25, 0.3) is 0 Å². The maximum Gasteiger partial charge on any atom is 0.0150 e. The van der Waals surface area contributed by atoms with Crippen molar-refractivity contribution in [1.29, 1.82) is 0 Å². The summed E-state index contributed by atoms with van der Waals surface area (Å²) in [7, 11) is 0. The lowest BCUT2D eigenvalue weighted by atomic mass is 9.93. The third kappa shape index (κ3) is 8.04. The van der Waals surface area contributed by atoms with E-state index in [2.05, 4.69) is 51.6 Å². The van der Waals surface area contributed by atoms with Crippen molar-refractivity contribution in [2.75, 3.05) is 5.75 Å². The molecule has 0 aromatic rings. The molecule has 0 aliphatic rings. The molecule has 0 rings (SSSR count). The lowest BCUT2D eigenvalue weighted by molar-refractivity contribution is 0.414. The Morgan fingerprint density at radius 1 is 1.12 bits per heavy atom. The number of hydrogen-bond donors (Lipinski definition) is 1. The molecule has 94 valence electrons. The van der Waals surface area contributed by atoms with E-state index in [1.807, 2.05) is 0 Å². The van der Waals surface area contributed by atoms with Crippen molar-refractivity contribution in [1.82, 2.24) is 0 Å². The summed E-state index contributed by atoms with van der Waals surface area (Å²) >= 11 is 4.34. The zero-order valence-electron chi connectivity index (χ0n) is 11.2. The highest BCUT2D eigenvalue weighted by molar-refractivity contribution is 7.80. The summed E-state index contributed by atoms with van der Waals surface area (Å²) < 4.78 is 0. The molecule has 0 bridgehead atoms. The zero-order valence-corrected chi connectivity index (χ0v) is 12.1. The Morgan fingerprint density at radius 3 is 2.19 bits per heavy atom. The van der Waals surface area contributed by atoms with E-state index in [0.717, 1.165) is 11.7 Å². The first-order valence-electron chi connectivity index (χ1n) is 6.71. The van der Waals surface area contributed by atoms with Crippen LogP contribution >= 0.6 is 12.6 Å². The van der Waals surface area contributed by atoms with Crippen molar-refractivity contribution in [2.45, 2.75) is 59.3 Å². The van der Waals surface area contributed by atoms with Crippen LogP contribution in [0.1, 0.15) is 59.3 Å². The highest BCUT2D eigenvalue weighted by Crippen LogP contribution is 2.20. The Morgan fingerprint density at radius 2 is 1.75 bits per heavy atom. The first-order chi connectivity index (χ1) is 7.78. The number of thiol groups is 1. The molecule has 0 nitrogen and oxygen atoms in total. The molecule has 0 saturated heterocycles. The molecule has 1 heteroatoms. The molecular formula is C15H28S. The predicted octanol–water partition coefficient (Wildman–Crippen LogP) is 5.42. The van der Waals surface area contributed by atoms with Gasteiger partial charge in [-0.1, -0.05) is 57.8 Å². The maximum atomic E-state index is 4.34. The number of hydrogen-bond acceptors (Lipinski definition) is 1. The Hall–Kier alpha value is -0.170. The van der Waals surface area contributed by atoms with Gasteiger partial charge < -0.3 is 0 Å². The Balaban J connectivity index is 3.98.